The van der Waals surface area contributed by atoms with Gasteiger partial charge in [-0.15, -0.1) is 0 Å². The molecule has 3 heteroatoms. The first-order valence-corrected chi connectivity index (χ1v) is 7.89. The van der Waals surface area contributed by atoms with Gasteiger partial charge in [0.25, 0.3) is 0 Å². The van der Waals surface area contributed by atoms with Crippen molar-refractivity contribution in [2.24, 2.45) is 0 Å². The van der Waals surface area contributed by atoms with E-state index in [0.717, 1.165) is 25.1 Å². The van der Waals surface area contributed by atoms with Crippen LogP contribution < -0.4 is 0 Å². The largest absolute Gasteiger partial charge is 0.387 e. The molecule has 2 aliphatic heterocycles. The maximum atomic E-state index is 10.8. The molecule has 0 amide bonds. The number of hydrogen-bond acceptors (Lipinski definition) is 3. The fraction of sp³-hybridized carbons (Fsp3) is 0.647. The lowest BCUT2D eigenvalue weighted by Crippen LogP contribution is -2.51. The summed E-state index contributed by atoms with van der Waals surface area (Å²) in [5, 5.41) is 10.8. The molecule has 2 heterocycles. The quantitative estimate of drug-likeness (QED) is 0.853. The standard InChI is InChI=1S/C17H23NO2/c1-11-8-16(17(19)15-5-3-2-4-14(11)15)18-9-12-6-7-13(10-18)20-12/h2-5,11-13,16-17,19H,6-10H2,1H3. The average Bonchev–Trinajstić information content (AvgIpc) is 2.81. The van der Waals surface area contributed by atoms with Crippen LogP contribution in [0.4, 0.5) is 0 Å². The summed E-state index contributed by atoms with van der Waals surface area (Å²) >= 11 is 0. The number of rotatable bonds is 1. The van der Waals surface area contributed by atoms with Gasteiger partial charge < -0.3 is 9.84 Å². The van der Waals surface area contributed by atoms with Crippen LogP contribution in [0.5, 0.6) is 0 Å². The van der Waals surface area contributed by atoms with Gasteiger partial charge in [0.1, 0.15) is 0 Å². The van der Waals surface area contributed by atoms with Crippen LogP contribution >= 0.6 is 0 Å². The first-order valence-electron chi connectivity index (χ1n) is 7.89. The molecule has 108 valence electrons. The Balaban J connectivity index is 1.61. The molecule has 3 nitrogen and oxygen atoms in total. The highest BCUT2D eigenvalue weighted by atomic mass is 16.5. The third-order valence-electron chi connectivity index (χ3n) is 5.35. The monoisotopic (exact) mass is 273 g/mol. The highest BCUT2D eigenvalue weighted by Gasteiger charge is 2.41. The summed E-state index contributed by atoms with van der Waals surface area (Å²) in [6, 6.07) is 8.64. The van der Waals surface area contributed by atoms with Crippen LogP contribution in [0, 0.1) is 0 Å². The second-order valence-electron chi connectivity index (χ2n) is 6.69. The fourth-order valence-electron chi connectivity index (χ4n) is 4.32. The number of morpholine rings is 1. The number of aliphatic hydroxyl groups excluding tert-OH is 1. The van der Waals surface area contributed by atoms with Crippen molar-refractivity contribution in [2.75, 3.05) is 13.1 Å². The number of hydrogen-bond donors (Lipinski definition) is 1. The predicted octanol–water partition coefficient (Wildman–Crippen LogP) is 2.46. The smallest absolute Gasteiger partial charge is 0.0948 e. The lowest BCUT2D eigenvalue weighted by molar-refractivity contribution is -0.0783. The molecule has 1 N–H and O–H groups in total. The SMILES string of the molecule is CC1CC(N2CC3CCC(C2)O3)C(O)c2ccccc21. The molecule has 0 aromatic heterocycles. The lowest BCUT2D eigenvalue weighted by atomic mass is 9.78. The minimum Gasteiger partial charge on any atom is -0.387 e. The molecule has 0 spiro atoms. The number of nitrogens with zero attached hydrogens (tertiary/aromatic N) is 1. The van der Waals surface area contributed by atoms with Crippen LogP contribution in [0.1, 0.15) is 49.3 Å². The van der Waals surface area contributed by atoms with Gasteiger partial charge in [0.05, 0.1) is 18.3 Å². The zero-order valence-corrected chi connectivity index (χ0v) is 12.0. The van der Waals surface area contributed by atoms with E-state index in [4.69, 9.17) is 4.74 Å². The number of likely N-dealkylation sites (tertiary alicyclic amines) is 1. The van der Waals surface area contributed by atoms with Crippen LogP contribution in [0.15, 0.2) is 24.3 Å². The Hall–Kier alpha value is -0.900. The molecule has 1 aromatic rings. The molecule has 1 aliphatic carbocycles. The van der Waals surface area contributed by atoms with Crippen LogP contribution in [0.25, 0.3) is 0 Å². The summed E-state index contributed by atoms with van der Waals surface area (Å²) < 4.78 is 5.93. The number of aliphatic hydroxyl groups is 1. The molecule has 20 heavy (non-hydrogen) atoms. The summed E-state index contributed by atoms with van der Waals surface area (Å²) in [4.78, 5) is 2.49. The Morgan fingerprint density at radius 2 is 1.75 bits per heavy atom. The summed E-state index contributed by atoms with van der Waals surface area (Å²) in [6.07, 6.45) is 3.88. The van der Waals surface area contributed by atoms with Gasteiger partial charge >= 0.3 is 0 Å². The maximum absolute atomic E-state index is 10.8. The van der Waals surface area contributed by atoms with E-state index < -0.39 is 0 Å². The second-order valence-corrected chi connectivity index (χ2v) is 6.69. The van der Waals surface area contributed by atoms with Crippen molar-refractivity contribution in [1.82, 2.24) is 4.90 Å². The topological polar surface area (TPSA) is 32.7 Å². The number of ether oxygens (including phenoxy) is 1. The first-order chi connectivity index (χ1) is 9.72. The van der Waals surface area contributed by atoms with Gasteiger partial charge in [0, 0.05) is 19.1 Å². The van der Waals surface area contributed by atoms with Gasteiger partial charge in [0.2, 0.25) is 0 Å². The molecule has 3 aliphatic rings. The van der Waals surface area contributed by atoms with E-state index >= 15 is 0 Å². The van der Waals surface area contributed by atoms with Crippen LogP contribution in [-0.2, 0) is 4.74 Å². The van der Waals surface area contributed by atoms with E-state index in [9.17, 15) is 5.11 Å². The minimum atomic E-state index is -0.347. The Bertz CT molecular complexity index is 492. The molecule has 0 radical (unpaired) electrons. The van der Waals surface area contributed by atoms with E-state index in [0.29, 0.717) is 18.1 Å². The molecule has 2 bridgehead atoms. The highest BCUT2D eigenvalue weighted by Crippen LogP contribution is 2.41. The normalized spacial score (nSPS) is 40.6. The van der Waals surface area contributed by atoms with Crippen molar-refractivity contribution >= 4 is 0 Å². The van der Waals surface area contributed by atoms with Crippen LogP contribution in [0.3, 0.4) is 0 Å². The third-order valence-corrected chi connectivity index (χ3v) is 5.35. The molecule has 2 saturated heterocycles. The van der Waals surface area contributed by atoms with Crippen molar-refractivity contribution in [3.8, 4) is 0 Å². The van der Waals surface area contributed by atoms with Crippen molar-refractivity contribution in [1.29, 1.82) is 0 Å². The Morgan fingerprint density at radius 3 is 2.45 bits per heavy atom. The molecular weight excluding hydrogens is 250 g/mol. The maximum Gasteiger partial charge on any atom is 0.0948 e. The second kappa shape index (κ2) is 4.83. The molecule has 2 fully saturated rings. The van der Waals surface area contributed by atoms with Gasteiger partial charge in [-0.2, -0.15) is 0 Å². The lowest BCUT2D eigenvalue weighted by Gasteiger charge is -2.44. The molecule has 5 unspecified atom stereocenters. The van der Waals surface area contributed by atoms with E-state index in [1.54, 1.807) is 0 Å². The summed E-state index contributed by atoms with van der Waals surface area (Å²) in [7, 11) is 0. The fourth-order valence-corrected chi connectivity index (χ4v) is 4.32. The van der Waals surface area contributed by atoms with E-state index in [1.807, 2.05) is 6.07 Å². The van der Waals surface area contributed by atoms with Crippen molar-refractivity contribution in [2.45, 2.75) is 56.5 Å². The highest BCUT2D eigenvalue weighted by molar-refractivity contribution is 5.35. The Labute approximate surface area is 120 Å². The predicted molar refractivity (Wildman–Crippen MR) is 77.7 cm³/mol. The molecular formula is C17H23NO2. The van der Waals surface area contributed by atoms with E-state index in [2.05, 4.69) is 30.0 Å². The zero-order chi connectivity index (χ0) is 13.7. The van der Waals surface area contributed by atoms with Gasteiger partial charge in [-0.05, 0) is 36.3 Å². The van der Waals surface area contributed by atoms with E-state index in [-0.39, 0.29) is 12.1 Å². The van der Waals surface area contributed by atoms with Crippen molar-refractivity contribution in [3.63, 3.8) is 0 Å². The first kappa shape index (κ1) is 12.8. The van der Waals surface area contributed by atoms with Gasteiger partial charge in [0.15, 0.2) is 0 Å². The van der Waals surface area contributed by atoms with Crippen molar-refractivity contribution < 1.29 is 9.84 Å². The Morgan fingerprint density at radius 1 is 1.10 bits per heavy atom. The molecule has 1 aromatic carbocycles. The van der Waals surface area contributed by atoms with Gasteiger partial charge in [-0.1, -0.05) is 31.2 Å². The molecule has 5 atom stereocenters. The van der Waals surface area contributed by atoms with E-state index in [1.165, 1.54) is 18.4 Å². The number of benzene rings is 1. The van der Waals surface area contributed by atoms with Crippen LogP contribution in [0.2, 0.25) is 0 Å². The third kappa shape index (κ3) is 2.00. The van der Waals surface area contributed by atoms with Crippen molar-refractivity contribution in [3.05, 3.63) is 35.4 Å². The molecule has 0 saturated carbocycles. The summed E-state index contributed by atoms with van der Waals surface area (Å²) in [5.74, 6) is 0.528. The molecule has 4 rings (SSSR count). The number of fused-ring (bicyclic) bond motifs is 3. The zero-order valence-electron chi connectivity index (χ0n) is 12.0. The van der Waals surface area contributed by atoms with Gasteiger partial charge in [-0.3, -0.25) is 4.90 Å². The average molecular weight is 273 g/mol. The summed E-state index contributed by atoms with van der Waals surface area (Å²) in [5.41, 5.74) is 2.46. The minimum absolute atomic E-state index is 0.256. The van der Waals surface area contributed by atoms with Crippen LogP contribution in [-0.4, -0.2) is 41.3 Å². The summed E-state index contributed by atoms with van der Waals surface area (Å²) in [6.45, 7) is 4.27. The van der Waals surface area contributed by atoms with Gasteiger partial charge in [-0.25, -0.2) is 0 Å². The Kier molecular flexibility index (Phi) is 3.09.